The van der Waals surface area contributed by atoms with Crippen LogP contribution in [0.3, 0.4) is 0 Å². The number of H-pyrrole nitrogens is 1. The van der Waals surface area contributed by atoms with Gasteiger partial charge >= 0.3 is 120 Å². The fraction of sp³-hybridized carbons (Fsp3) is 0.247. The molecule has 1 atom stereocenters. The van der Waals surface area contributed by atoms with E-state index in [0.29, 0.717) is 5.92 Å². The Hall–Kier alpha value is -7.87. The van der Waals surface area contributed by atoms with Gasteiger partial charge in [0.25, 0.3) is 0 Å². The maximum Gasteiger partial charge on any atom is 0.0949 e. The second kappa shape index (κ2) is 53.6. The van der Waals surface area contributed by atoms with Crippen LogP contribution >= 0.6 is 31.9 Å². The van der Waals surface area contributed by atoms with Crippen molar-refractivity contribution in [1.29, 1.82) is 0 Å². The zero-order valence-corrected chi connectivity index (χ0v) is 80.7. The van der Waals surface area contributed by atoms with Gasteiger partial charge in [-0.1, -0.05) is 80.4 Å². The van der Waals surface area contributed by atoms with Gasteiger partial charge in [0.2, 0.25) is 6.33 Å². The molecule has 0 amide bonds. The summed E-state index contributed by atoms with van der Waals surface area (Å²) in [5.41, 5.74) is 17.1. The molecular weight excluding hydrogens is 2080 g/mol. The predicted molar refractivity (Wildman–Crippen MR) is 457 cm³/mol. The molecule has 0 aromatic carbocycles. The van der Waals surface area contributed by atoms with Crippen LogP contribution in [0.4, 0.5) is 0 Å². The Morgan fingerprint density at radius 2 is 0.813 bits per heavy atom. The second-order valence-electron chi connectivity index (χ2n) is 28.7. The van der Waals surface area contributed by atoms with Gasteiger partial charge in [-0.3, -0.25) is 39.9 Å². The monoisotopic (exact) mass is 2170 g/mol. The number of hydrogen-bond donors (Lipinski definition) is 1. The summed E-state index contributed by atoms with van der Waals surface area (Å²) >= 11 is 8.39. The molecule has 12 aromatic rings. The molecule has 1 N–H and O–H groups in total. The van der Waals surface area contributed by atoms with Crippen molar-refractivity contribution in [2.24, 2.45) is 5.92 Å². The average molecular weight is 2180 g/mol. The van der Waals surface area contributed by atoms with E-state index in [4.69, 9.17) is 32.9 Å². The first kappa shape index (κ1) is 98.9. The fourth-order valence-corrected chi connectivity index (χ4v) is 14.1. The normalized spacial score (nSPS) is 15.1. The van der Waals surface area contributed by atoms with Crippen LogP contribution < -0.4 is 56.0 Å². The van der Waals surface area contributed by atoms with Crippen LogP contribution in [0.1, 0.15) is 105 Å². The first-order chi connectivity index (χ1) is 58.5. The summed E-state index contributed by atoms with van der Waals surface area (Å²) in [7, 11) is 2.06. The number of rotatable bonds is 12. The zero-order valence-electron chi connectivity index (χ0n) is 69.5. The number of alkyl halides is 2. The first-order valence-corrected chi connectivity index (χ1v) is 42.1. The number of nitrogens with one attached hydrogen (secondary N) is 1. The third-order valence-corrected chi connectivity index (χ3v) is 20.1. The smallest absolute Gasteiger partial charge is 0.0949 e. The van der Waals surface area contributed by atoms with Gasteiger partial charge in [-0.25, -0.2) is 28.7 Å². The van der Waals surface area contributed by atoms with Crippen LogP contribution in [-0.2, 0) is 192 Å². The number of aromatic nitrogens is 16. The molecule has 20 rings (SSSR count). The van der Waals surface area contributed by atoms with E-state index in [1.807, 2.05) is 70.9 Å². The number of aromatic amines is 1. The minimum Gasteiger partial charge on any atom is -0.351 e. The molecule has 1 radical (unpaired) electrons. The molecule has 650 valence electrons. The number of imidazole rings is 4. The van der Waals surface area contributed by atoms with E-state index in [1.54, 1.807) is 64.8 Å². The molecule has 27 nitrogen and oxygen atoms in total. The van der Waals surface area contributed by atoms with Crippen molar-refractivity contribution in [3.05, 3.63) is 400 Å². The summed E-state index contributed by atoms with van der Waals surface area (Å²) in [4.78, 5) is 69.4. The maximum atomic E-state index is 8.06. The Kier molecular flexibility index (Phi) is 43.1. The molecule has 12 aromatic heterocycles. The largest absolute Gasteiger partial charge is 0.351 e. The SMILES string of the molecule is BrCc1cccc(CBr)n1.C1=CN2[CH-]N1Cc1cccc(n1)CN1C=CN([CH-]1)Cc1cccc(n1)C2.C1=CN2[CH-]N1Cc1cccc(n1)CN1C=CN([CH-]1)Cc1cccc(n1)C2.C1CCOC1.Cc1cccc(C[n+]2ccn(Cc3cccc(CC4C=C[N+](C)=C4)n3)c2)n1.[Ag+].[Ag+].[Ag].[H-].[K+].[O]=[Ag].c1c[nH]cn1.c1cc(Cn2ccnc2)nc(Cn2ccnc2)c1. The topological polar surface area (TPSA) is 231 Å². The molecule has 34 heteroatoms. The van der Waals surface area contributed by atoms with Crippen molar-refractivity contribution in [3.63, 3.8) is 0 Å². The number of fused-ring (bicyclic) bond motifs is 16. The Morgan fingerprint density at radius 1 is 0.455 bits per heavy atom. The average Bonchev–Trinajstić information content (AvgIpc) is 1.73. The van der Waals surface area contributed by atoms with Gasteiger partial charge in [-0.15, -0.1) is 0 Å². The number of ether oxygens (including phenoxy) is 1. The second-order valence-corrected chi connectivity index (χ2v) is 29.9. The number of hydrogen-bond acceptors (Lipinski definition) is 21. The molecule has 16 bridgehead atoms. The molecule has 1 saturated heterocycles. The summed E-state index contributed by atoms with van der Waals surface area (Å²) in [6.45, 7) is 21.6. The van der Waals surface area contributed by atoms with E-state index in [9.17, 15) is 0 Å². The van der Waals surface area contributed by atoms with Crippen molar-refractivity contribution in [3.8, 4) is 0 Å². The number of pyridine rings is 8. The van der Waals surface area contributed by atoms with Gasteiger partial charge in [0, 0.05) is 154 Å². The van der Waals surface area contributed by atoms with Crippen LogP contribution in [0, 0.1) is 39.5 Å². The maximum absolute atomic E-state index is 8.06. The van der Waals surface area contributed by atoms with Gasteiger partial charge in [0.1, 0.15) is 32.5 Å². The Morgan fingerprint density at radius 3 is 1.14 bits per heavy atom. The van der Waals surface area contributed by atoms with E-state index >= 15 is 0 Å². The van der Waals surface area contributed by atoms with E-state index in [1.165, 1.54) is 12.8 Å². The zero-order chi connectivity index (χ0) is 82.0. The Balaban J connectivity index is 0.000000188. The summed E-state index contributed by atoms with van der Waals surface area (Å²) in [6.07, 6.45) is 49.1. The Labute approximate surface area is 840 Å². The molecule has 1 unspecified atom stereocenters. The van der Waals surface area contributed by atoms with Gasteiger partial charge in [-0.05, 0) is 173 Å². The van der Waals surface area contributed by atoms with Crippen LogP contribution in [-0.4, -0.2) is 144 Å². The van der Waals surface area contributed by atoms with Crippen LogP contribution in [0.5, 0.6) is 0 Å². The number of aryl methyl sites for hydroxylation is 1. The quantitative estimate of drug-likeness (QED) is 0.0518. The molecule has 0 saturated carbocycles. The minimum absolute atomic E-state index is 0. The minimum atomic E-state index is 0. The molecule has 123 heavy (non-hydrogen) atoms. The van der Waals surface area contributed by atoms with Gasteiger partial charge in [0.15, 0.2) is 12.4 Å². The van der Waals surface area contributed by atoms with E-state index in [-0.39, 0.29) is 120 Å². The summed E-state index contributed by atoms with van der Waals surface area (Å²) in [5, 5.41) is 1.65. The number of nitrogens with zero attached hydrogens (tertiary/aromatic N) is 24. The third kappa shape index (κ3) is 33.8. The van der Waals surface area contributed by atoms with E-state index in [2.05, 4.69) is 343 Å². The molecule has 0 aliphatic carbocycles. The molecule has 0 spiro atoms. The molecule has 8 aliphatic rings. The van der Waals surface area contributed by atoms with Crippen molar-refractivity contribution in [2.75, 3.05) is 20.3 Å². The van der Waals surface area contributed by atoms with Crippen molar-refractivity contribution >= 4 is 38.1 Å². The van der Waals surface area contributed by atoms with Gasteiger partial charge in [-0.2, -0.15) is 26.7 Å². The van der Waals surface area contributed by atoms with E-state index < -0.39 is 0 Å². The van der Waals surface area contributed by atoms with Crippen LogP contribution in [0.2, 0.25) is 0 Å². The summed E-state index contributed by atoms with van der Waals surface area (Å²) in [6, 6.07) is 49.6. The molecular formula is C89H98Ag4Br2KN25O2. The van der Waals surface area contributed by atoms with Crippen LogP contribution in [0.15, 0.2) is 282 Å². The first-order valence-electron chi connectivity index (χ1n) is 39.2. The van der Waals surface area contributed by atoms with Crippen molar-refractivity contribution in [1.82, 2.24) is 113 Å². The standard InChI is InChI=1S/C22H25N5.2C20H20N6.C13H13N5.C7H7Br2N.C4H8O.C3H4N2.4Ag.K.O.H/c1-18-5-3-7-21(23-18)15-26-11-12-27(17-26)16-22-8-4-6-20(24-22)13-19-9-10-25(2)14-19;2*1-3-17-11-23-7-9-25(15-23)13-19-5-2-6-20(22-19)14-26-10-8-24(16-26)12-18(4-1)21-17;1-2-12(8-17-6-4-14-10-17)16-13(3-1)9-18-7-5-15-11-18;8-4-6-2-1-3-7(5-9)10-6;1-2-4-5-3-1;1-2-5-3-4-1;;;;;;;/h3-12,14,17,19H,13,15-16H2,1-2H3;2*1-10,15-16H,11-14H2;1-7,10-11H,8-9H2;1-3H,4-5H2;1-4H2;1-3H,(H,4,5);;;;;;;/q+2;2*-2;;;;;;;3*+1;;-1. The van der Waals surface area contributed by atoms with E-state index in [0.717, 1.165) is 200 Å². The third-order valence-electron chi connectivity index (χ3n) is 18.9. The Bertz CT molecular complexity index is 4810. The van der Waals surface area contributed by atoms with Gasteiger partial charge < -0.3 is 59.5 Å². The predicted octanol–water partition coefficient (Wildman–Crippen LogP) is 10.2. The van der Waals surface area contributed by atoms with Crippen LogP contribution in [0.25, 0.3) is 0 Å². The molecule has 8 aliphatic heterocycles. The van der Waals surface area contributed by atoms with Crippen molar-refractivity contribution < 1.29 is 158 Å². The van der Waals surface area contributed by atoms with Crippen molar-refractivity contribution in [2.45, 2.75) is 115 Å². The van der Waals surface area contributed by atoms with Gasteiger partial charge in [0.05, 0.1) is 118 Å². The summed E-state index contributed by atoms with van der Waals surface area (Å²) < 4.78 is 23.4. The number of allylic oxidation sites excluding steroid dienone is 1. The summed E-state index contributed by atoms with van der Waals surface area (Å²) in [5.74, 6) is 0.438. The fourth-order valence-electron chi connectivity index (χ4n) is 13.5. The molecule has 1 fully saturated rings. The number of halogens is 2. The molecule has 20 heterocycles.